The molecule has 2 saturated carbocycles. The summed E-state index contributed by atoms with van der Waals surface area (Å²) in [5.74, 6) is 0.345. The Morgan fingerprint density at radius 3 is 2.50 bits per heavy atom. The van der Waals surface area contributed by atoms with Crippen molar-refractivity contribution in [3.63, 3.8) is 0 Å². The third-order valence-corrected chi connectivity index (χ3v) is 4.32. The standard InChI is InChI=1S/C14H25NO3/c1-15(10-12(16)11-5-6-11)13(17)9-14(18)7-3-2-4-8-14/h11-12,16,18H,2-10H2,1H3. The summed E-state index contributed by atoms with van der Waals surface area (Å²) in [4.78, 5) is 13.6. The smallest absolute Gasteiger partial charge is 0.225 e. The number of amides is 1. The van der Waals surface area contributed by atoms with Crippen LogP contribution in [-0.2, 0) is 4.79 Å². The molecule has 2 N–H and O–H groups in total. The maximum Gasteiger partial charge on any atom is 0.225 e. The lowest BCUT2D eigenvalue weighted by atomic mass is 9.82. The van der Waals surface area contributed by atoms with Crippen molar-refractivity contribution in [3.8, 4) is 0 Å². The summed E-state index contributed by atoms with van der Waals surface area (Å²) in [6, 6.07) is 0. The minimum atomic E-state index is -0.797. The minimum Gasteiger partial charge on any atom is -0.391 e. The highest BCUT2D eigenvalue weighted by molar-refractivity contribution is 5.77. The number of aliphatic hydroxyl groups excluding tert-OH is 1. The molecule has 0 spiro atoms. The van der Waals surface area contributed by atoms with Gasteiger partial charge in [0.15, 0.2) is 0 Å². The van der Waals surface area contributed by atoms with Crippen molar-refractivity contribution >= 4 is 5.91 Å². The van der Waals surface area contributed by atoms with E-state index < -0.39 is 5.60 Å². The van der Waals surface area contributed by atoms with E-state index in [1.807, 2.05) is 0 Å². The SMILES string of the molecule is CN(CC(O)C1CC1)C(=O)CC1(O)CCCCC1. The molecule has 2 rings (SSSR count). The zero-order valence-electron chi connectivity index (χ0n) is 11.3. The number of hydrogen-bond donors (Lipinski definition) is 2. The Hall–Kier alpha value is -0.610. The van der Waals surface area contributed by atoms with E-state index in [0.29, 0.717) is 12.5 Å². The van der Waals surface area contributed by atoms with E-state index in [0.717, 1.165) is 44.9 Å². The van der Waals surface area contributed by atoms with Crippen molar-refractivity contribution in [1.82, 2.24) is 4.90 Å². The van der Waals surface area contributed by atoms with E-state index in [9.17, 15) is 15.0 Å². The molecule has 0 aliphatic heterocycles. The molecule has 0 aromatic rings. The first-order chi connectivity index (χ1) is 8.50. The molecule has 0 aromatic heterocycles. The second kappa shape index (κ2) is 5.57. The number of likely N-dealkylation sites (N-methyl/N-ethyl adjacent to an activating group) is 1. The van der Waals surface area contributed by atoms with E-state index in [1.165, 1.54) is 0 Å². The van der Waals surface area contributed by atoms with Gasteiger partial charge in [0.25, 0.3) is 0 Å². The Morgan fingerprint density at radius 1 is 1.33 bits per heavy atom. The van der Waals surface area contributed by atoms with Crippen molar-refractivity contribution in [1.29, 1.82) is 0 Å². The van der Waals surface area contributed by atoms with Crippen LogP contribution in [0.2, 0.25) is 0 Å². The van der Waals surface area contributed by atoms with Crippen molar-refractivity contribution in [2.45, 2.75) is 63.1 Å². The normalized spacial score (nSPS) is 24.6. The highest BCUT2D eigenvalue weighted by Crippen LogP contribution is 2.33. The van der Waals surface area contributed by atoms with Gasteiger partial charge in [-0.3, -0.25) is 4.79 Å². The van der Waals surface area contributed by atoms with E-state index in [4.69, 9.17) is 0 Å². The summed E-state index contributed by atoms with van der Waals surface area (Å²) in [5, 5.41) is 20.2. The average Bonchev–Trinajstić information content (AvgIpc) is 3.12. The molecule has 1 amide bonds. The second-order valence-corrected chi connectivity index (χ2v) is 6.14. The zero-order valence-corrected chi connectivity index (χ0v) is 11.3. The Kier molecular flexibility index (Phi) is 4.28. The highest BCUT2D eigenvalue weighted by Gasteiger charge is 2.35. The van der Waals surface area contributed by atoms with Gasteiger partial charge in [-0.05, 0) is 31.6 Å². The number of nitrogens with zero attached hydrogens (tertiary/aromatic N) is 1. The molecule has 4 heteroatoms. The zero-order chi connectivity index (χ0) is 13.2. The Labute approximate surface area is 109 Å². The fourth-order valence-corrected chi connectivity index (χ4v) is 2.82. The maximum atomic E-state index is 12.0. The lowest BCUT2D eigenvalue weighted by Gasteiger charge is -2.33. The van der Waals surface area contributed by atoms with Crippen LogP contribution in [0, 0.1) is 5.92 Å². The van der Waals surface area contributed by atoms with Gasteiger partial charge < -0.3 is 15.1 Å². The Bertz CT molecular complexity index is 295. The minimum absolute atomic E-state index is 0.0425. The van der Waals surface area contributed by atoms with E-state index in [2.05, 4.69) is 0 Å². The van der Waals surface area contributed by atoms with Gasteiger partial charge in [-0.1, -0.05) is 19.3 Å². The number of rotatable bonds is 5. The summed E-state index contributed by atoms with van der Waals surface area (Å²) in [6.07, 6.45) is 6.62. The average molecular weight is 255 g/mol. The van der Waals surface area contributed by atoms with Gasteiger partial charge in [-0.2, -0.15) is 0 Å². The molecule has 0 radical (unpaired) electrons. The van der Waals surface area contributed by atoms with Gasteiger partial charge in [-0.25, -0.2) is 0 Å². The lowest BCUT2D eigenvalue weighted by molar-refractivity contribution is -0.137. The summed E-state index contributed by atoms with van der Waals surface area (Å²) in [5.41, 5.74) is -0.797. The molecule has 2 fully saturated rings. The van der Waals surface area contributed by atoms with Crippen LogP contribution in [0.1, 0.15) is 51.4 Å². The highest BCUT2D eigenvalue weighted by atomic mass is 16.3. The van der Waals surface area contributed by atoms with Crippen LogP contribution in [0.15, 0.2) is 0 Å². The van der Waals surface area contributed by atoms with Crippen molar-refractivity contribution in [2.24, 2.45) is 5.92 Å². The van der Waals surface area contributed by atoms with E-state index in [-0.39, 0.29) is 18.4 Å². The van der Waals surface area contributed by atoms with Gasteiger partial charge in [0.1, 0.15) is 0 Å². The first kappa shape index (κ1) is 13.8. The fraction of sp³-hybridized carbons (Fsp3) is 0.929. The molecule has 0 heterocycles. The van der Waals surface area contributed by atoms with E-state index in [1.54, 1.807) is 11.9 Å². The monoisotopic (exact) mass is 255 g/mol. The molecule has 0 saturated heterocycles. The van der Waals surface area contributed by atoms with E-state index >= 15 is 0 Å². The molecule has 1 unspecified atom stereocenters. The van der Waals surface area contributed by atoms with Crippen LogP contribution < -0.4 is 0 Å². The van der Waals surface area contributed by atoms with Crippen molar-refractivity contribution < 1.29 is 15.0 Å². The molecule has 0 aromatic carbocycles. The number of carbonyl (C=O) groups excluding carboxylic acids is 1. The van der Waals surface area contributed by atoms with Crippen LogP contribution in [0.5, 0.6) is 0 Å². The van der Waals surface area contributed by atoms with Crippen LogP contribution in [0.25, 0.3) is 0 Å². The van der Waals surface area contributed by atoms with Crippen LogP contribution >= 0.6 is 0 Å². The number of carbonyl (C=O) groups is 1. The maximum absolute atomic E-state index is 12.0. The Morgan fingerprint density at radius 2 is 1.94 bits per heavy atom. The molecule has 2 aliphatic rings. The number of hydrogen-bond acceptors (Lipinski definition) is 3. The summed E-state index contributed by atoms with van der Waals surface area (Å²) < 4.78 is 0. The second-order valence-electron chi connectivity index (χ2n) is 6.14. The molecule has 18 heavy (non-hydrogen) atoms. The molecule has 1 atom stereocenters. The molecule has 0 bridgehead atoms. The van der Waals surface area contributed by atoms with Gasteiger partial charge in [0, 0.05) is 13.6 Å². The van der Waals surface area contributed by atoms with Crippen LogP contribution in [-0.4, -0.2) is 46.3 Å². The lowest BCUT2D eigenvalue weighted by Crippen LogP contribution is -2.41. The van der Waals surface area contributed by atoms with Crippen LogP contribution in [0.3, 0.4) is 0 Å². The first-order valence-corrected chi connectivity index (χ1v) is 7.15. The molecular formula is C14H25NO3. The fourth-order valence-electron chi connectivity index (χ4n) is 2.82. The summed E-state index contributed by atoms with van der Waals surface area (Å²) in [6.45, 7) is 0.402. The quantitative estimate of drug-likeness (QED) is 0.778. The third kappa shape index (κ3) is 3.69. The summed E-state index contributed by atoms with van der Waals surface area (Å²) >= 11 is 0. The third-order valence-electron chi connectivity index (χ3n) is 4.32. The summed E-state index contributed by atoms with van der Waals surface area (Å²) in [7, 11) is 1.72. The molecule has 2 aliphatic carbocycles. The van der Waals surface area contributed by atoms with Crippen molar-refractivity contribution in [2.75, 3.05) is 13.6 Å². The van der Waals surface area contributed by atoms with Gasteiger partial charge >= 0.3 is 0 Å². The van der Waals surface area contributed by atoms with Crippen LogP contribution in [0.4, 0.5) is 0 Å². The van der Waals surface area contributed by atoms with Gasteiger partial charge in [-0.15, -0.1) is 0 Å². The van der Waals surface area contributed by atoms with Gasteiger partial charge in [0.2, 0.25) is 5.91 Å². The first-order valence-electron chi connectivity index (χ1n) is 7.15. The largest absolute Gasteiger partial charge is 0.391 e. The predicted octanol–water partition coefficient (Wildman–Crippen LogP) is 1.30. The number of aliphatic hydroxyl groups is 2. The Balaban J connectivity index is 1.78. The topological polar surface area (TPSA) is 60.8 Å². The predicted molar refractivity (Wildman–Crippen MR) is 69.0 cm³/mol. The molecule has 104 valence electrons. The molecular weight excluding hydrogens is 230 g/mol. The van der Waals surface area contributed by atoms with Crippen molar-refractivity contribution in [3.05, 3.63) is 0 Å². The molecule has 4 nitrogen and oxygen atoms in total. The van der Waals surface area contributed by atoms with Gasteiger partial charge in [0.05, 0.1) is 18.1 Å².